The molecule has 0 saturated heterocycles. The van der Waals surface area contributed by atoms with E-state index in [0.29, 0.717) is 5.69 Å². The van der Waals surface area contributed by atoms with Gasteiger partial charge in [0.1, 0.15) is 0 Å². The van der Waals surface area contributed by atoms with E-state index >= 15 is 0 Å². The van der Waals surface area contributed by atoms with Crippen LogP contribution in [0, 0.1) is 23.7 Å². The molecule has 3 heteroatoms. The first-order chi connectivity index (χ1) is 17.7. The molecule has 0 unspecified atom stereocenters. The molecule has 0 amide bonds. The highest BCUT2D eigenvalue weighted by atomic mass is 32.1. The number of hydrogen-bond acceptors (Lipinski definition) is 3. The molecule has 172 valence electrons. The summed E-state index contributed by atoms with van der Waals surface area (Å²) in [6.07, 6.45) is 3.54. The third kappa shape index (κ3) is 5.00. The summed E-state index contributed by atoms with van der Waals surface area (Å²) in [7, 11) is 0. The molecule has 0 atom stereocenters. The van der Waals surface area contributed by atoms with Crippen LogP contribution >= 0.6 is 11.3 Å². The first kappa shape index (κ1) is 23.3. The van der Waals surface area contributed by atoms with Gasteiger partial charge in [0.15, 0.2) is 0 Å². The van der Waals surface area contributed by atoms with Crippen molar-refractivity contribution in [2.24, 2.45) is 4.99 Å². The van der Waals surface area contributed by atoms with Crippen molar-refractivity contribution in [3.8, 4) is 23.7 Å². The molecule has 5 rings (SSSR count). The molecular formula is C33H23NOS. The van der Waals surface area contributed by atoms with Crippen LogP contribution in [0.2, 0.25) is 0 Å². The van der Waals surface area contributed by atoms with Crippen molar-refractivity contribution in [3.63, 3.8) is 0 Å². The molecule has 0 spiro atoms. The fourth-order valence-electron chi connectivity index (χ4n) is 4.16. The Hall–Kier alpha value is -4.40. The maximum absolute atomic E-state index is 10.6. The third-order valence-corrected chi connectivity index (χ3v) is 7.29. The Labute approximate surface area is 215 Å². The number of isocyanates is 1. The topological polar surface area (TPSA) is 29.4 Å². The van der Waals surface area contributed by atoms with Crippen molar-refractivity contribution in [3.05, 3.63) is 112 Å². The number of aliphatic imine (C=N–C) groups is 1. The van der Waals surface area contributed by atoms with Crippen molar-refractivity contribution >= 4 is 43.3 Å². The molecule has 0 aliphatic carbocycles. The quantitative estimate of drug-likeness (QED) is 0.146. The van der Waals surface area contributed by atoms with Gasteiger partial charge in [0, 0.05) is 42.4 Å². The van der Waals surface area contributed by atoms with Crippen molar-refractivity contribution in [1.29, 1.82) is 0 Å². The van der Waals surface area contributed by atoms with Crippen molar-refractivity contribution in [2.45, 2.75) is 26.7 Å². The highest BCUT2D eigenvalue weighted by molar-refractivity contribution is 7.25. The van der Waals surface area contributed by atoms with Gasteiger partial charge in [0.05, 0.1) is 5.69 Å². The normalized spacial score (nSPS) is 10.3. The van der Waals surface area contributed by atoms with Crippen LogP contribution in [-0.2, 0) is 17.6 Å². The lowest BCUT2D eigenvalue weighted by atomic mass is 10.0. The van der Waals surface area contributed by atoms with Gasteiger partial charge in [-0.25, -0.2) is 4.79 Å². The average Bonchev–Trinajstić information content (AvgIpc) is 3.28. The van der Waals surface area contributed by atoms with E-state index in [1.54, 1.807) is 17.4 Å². The van der Waals surface area contributed by atoms with Gasteiger partial charge in [-0.2, -0.15) is 4.99 Å². The van der Waals surface area contributed by atoms with Crippen LogP contribution in [0.4, 0.5) is 5.69 Å². The van der Waals surface area contributed by atoms with Gasteiger partial charge in [0.2, 0.25) is 6.08 Å². The molecule has 0 radical (unpaired) electrons. The predicted octanol–water partition coefficient (Wildman–Crippen LogP) is 7.95. The minimum Gasteiger partial charge on any atom is -0.211 e. The van der Waals surface area contributed by atoms with Crippen molar-refractivity contribution < 1.29 is 4.79 Å². The SMILES string of the molecule is CCc1ccc(C#Cc2ccc(C#Cc3ccc4c(c3)sc3cc(N=C=O)ccc34)cc2CC)cc1. The van der Waals surface area contributed by atoms with Gasteiger partial charge in [-0.15, -0.1) is 11.3 Å². The second-order valence-corrected chi connectivity index (χ2v) is 9.56. The molecule has 4 aromatic carbocycles. The number of aryl methyl sites for hydroxylation is 2. The minimum absolute atomic E-state index is 0.623. The lowest BCUT2D eigenvalue weighted by Crippen LogP contribution is -1.89. The number of hydrogen-bond donors (Lipinski definition) is 0. The Kier molecular flexibility index (Phi) is 6.79. The van der Waals surface area contributed by atoms with Crippen LogP contribution in [0.1, 0.15) is 47.2 Å². The van der Waals surface area contributed by atoms with Crippen molar-refractivity contribution in [1.82, 2.24) is 0 Å². The largest absolute Gasteiger partial charge is 0.240 e. The smallest absolute Gasteiger partial charge is 0.211 e. The Morgan fingerprint density at radius 2 is 1.31 bits per heavy atom. The van der Waals surface area contributed by atoms with Gasteiger partial charge in [-0.3, -0.25) is 0 Å². The summed E-state index contributed by atoms with van der Waals surface area (Å²) in [5.74, 6) is 13.3. The van der Waals surface area contributed by atoms with E-state index in [1.165, 1.54) is 16.5 Å². The number of rotatable bonds is 3. The van der Waals surface area contributed by atoms with E-state index in [4.69, 9.17) is 0 Å². The molecule has 0 N–H and O–H groups in total. The first-order valence-corrected chi connectivity index (χ1v) is 12.8. The van der Waals surface area contributed by atoms with E-state index in [2.05, 4.69) is 97.1 Å². The summed E-state index contributed by atoms with van der Waals surface area (Å²) in [5, 5.41) is 2.34. The van der Waals surface area contributed by atoms with Crippen LogP contribution < -0.4 is 0 Å². The average molecular weight is 482 g/mol. The van der Waals surface area contributed by atoms with E-state index in [1.807, 2.05) is 24.3 Å². The Balaban J connectivity index is 1.41. The number of fused-ring (bicyclic) bond motifs is 3. The van der Waals surface area contributed by atoms with Crippen LogP contribution in [0.25, 0.3) is 20.2 Å². The first-order valence-electron chi connectivity index (χ1n) is 12.0. The standard InChI is InChI=1S/C33H23NOS/c1-3-23-5-7-24(8-6-23)11-14-28-15-12-25(19-27(28)4-2)9-10-26-13-17-30-31-18-16-29(34-22-35)21-33(31)36-32(30)20-26/h5-8,12-13,15-21H,3-4H2,1-2H3. The molecule has 1 heterocycles. The highest BCUT2D eigenvalue weighted by Gasteiger charge is 2.06. The number of thiophene rings is 1. The number of carbonyl (C=O) groups excluding carboxylic acids is 1. The van der Waals surface area contributed by atoms with Gasteiger partial charge in [-0.1, -0.05) is 61.8 Å². The van der Waals surface area contributed by atoms with Crippen LogP contribution in [0.15, 0.2) is 83.9 Å². The number of nitrogens with zero attached hydrogens (tertiary/aromatic N) is 1. The predicted molar refractivity (Wildman–Crippen MR) is 151 cm³/mol. The van der Waals surface area contributed by atoms with Crippen molar-refractivity contribution in [2.75, 3.05) is 0 Å². The summed E-state index contributed by atoms with van der Waals surface area (Å²) in [6, 6.07) is 26.8. The van der Waals surface area contributed by atoms with Crippen LogP contribution in [-0.4, -0.2) is 6.08 Å². The fraction of sp³-hybridized carbons (Fsp3) is 0.121. The third-order valence-electron chi connectivity index (χ3n) is 6.17. The Bertz CT molecular complexity index is 1760. The van der Waals surface area contributed by atoms with Gasteiger partial charge in [0.25, 0.3) is 0 Å². The zero-order valence-corrected chi connectivity index (χ0v) is 21.0. The Morgan fingerprint density at radius 1 is 0.667 bits per heavy atom. The molecule has 0 aliphatic heterocycles. The molecular weight excluding hydrogens is 458 g/mol. The molecule has 0 aliphatic rings. The van der Waals surface area contributed by atoms with Crippen LogP contribution in [0.5, 0.6) is 0 Å². The maximum atomic E-state index is 10.6. The molecule has 36 heavy (non-hydrogen) atoms. The molecule has 0 fully saturated rings. The monoisotopic (exact) mass is 481 g/mol. The molecule has 0 bridgehead atoms. The zero-order chi connectivity index (χ0) is 24.9. The minimum atomic E-state index is 0.623. The lowest BCUT2D eigenvalue weighted by Gasteiger charge is -2.02. The molecule has 2 nitrogen and oxygen atoms in total. The second-order valence-electron chi connectivity index (χ2n) is 8.47. The van der Waals surface area contributed by atoms with Crippen LogP contribution in [0.3, 0.4) is 0 Å². The van der Waals surface area contributed by atoms with Gasteiger partial charge in [-0.05, 0) is 78.6 Å². The molecule has 0 saturated carbocycles. The Morgan fingerprint density at radius 3 is 2.03 bits per heavy atom. The van der Waals surface area contributed by atoms with E-state index < -0.39 is 0 Å². The van der Waals surface area contributed by atoms with Gasteiger partial charge < -0.3 is 0 Å². The van der Waals surface area contributed by atoms with E-state index in [-0.39, 0.29) is 0 Å². The maximum Gasteiger partial charge on any atom is 0.240 e. The summed E-state index contributed by atoms with van der Waals surface area (Å²) in [5.41, 5.74) is 7.18. The number of benzene rings is 4. The van der Waals surface area contributed by atoms with E-state index in [0.717, 1.165) is 49.9 Å². The summed E-state index contributed by atoms with van der Waals surface area (Å²) >= 11 is 1.68. The zero-order valence-electron chi connectivity index (χ0n) is 20.2. The fourth-order valence-corrected chi connectivity index (χ4v) is 5.34. The summed E-state index contributed by atoms with van der Waals surface area (Å²) in [6.45, 7) is 4.30. The molecule has 5 aromatic rings. The van der Waals surface area contributed by atoms with Gasteiger partial charge >= 0.3 is 0 Å². The lowest BCUT2D eigenvalue weighted by molar-refractivity contribution is 0.565. The summed E-state index contributed by atoms with van der Waals surface area (Å²) < 4.78 is 2.26. The summed E-state index contributed by atoms with van der Waals surface area (Å²) in [4.78, 5) is 14.3. The van der Waals surface area contributed by atoms with E-state index in [9.17, 15) is 4.79 Å². The highest BCUT2D eigenvalue weighted by Crippen LogP contribution is 2.36. The second kappa shape index (κ2) is 10.5. The molecule has 1 aromatic heterocycles.